The van der Waals surface area contributed by atoms with E-state index in [4.69, 9.17) is 10.5 Å². The second-order valence-corrected chi connectivity index (χ2v) is 6.78. The van der Waals surface area contributed by atoms with Gasteiger partial charge in [-0.05, 0) is 51.5 Å². The largest absolute Gasteiger partial charge is 0.465 e. The van der Waals surface area contributed by atoms with E-state index in [-0.39, 0.29) is 5.97 Å². The highest BCUT2D eigenvalue weighted by Gasteiger charge is 2.34. The van der Waals surface area contributed by atoms with Crippen molar-refractivity contribution in [2.75, 3.05) is 26.2 Å². The van der Waals surface area contributed by atoms with Crippen LogP contribution in [0.1, 0.15) is 52.4 Å². The Balaban J connectivity index is 1.78. The molecule has 1 heterocycles. The van der Waals surface area contributed by atoms with Gasteiger partial charge in [-0.15, -0.1) is 0 Å². The van der Waals surface area contributed by atoms with Crippen LogP contribution in [-0.2, 0) is 9.53 Å². The maximum atomic E-state index is 11.8. The van der Waals surface area contributed by atoms with Crippen molar-refractivity contribution in [2.24, 2.45) is 17.6 Å². The zero-order valence-electron chi connectivity index (χ0n) is 13.1. The van der Waals surface area contributed by atoms with Gasteiger partial charge in [0.05, 0.1) is 6.61 Å². The molecule has 1 saturated carbocycles. The normalized spacial score (nSPS) is 30.4. The molecule has 2 rings (SSSR count). The third-order valence-electron chi connectivity index (χ3n) is 5.06. The van der Waals surface area contributed by atoms with Gasteiger partial charge in [0.1, 0.15) is 5.54 Å². The average Bonchev–Trinajstić information content (AvgIpc) is 2.45. The van der Waals surface area contributed by atoms with Crippen LogP contribution in [0.5, 0.6) is 0 Å². The minimum atomic E-state index is -0.848. The number of fused-ring (bicyclic) bond motifs is 1. The first-order chi connectivity index (χ1) is 9.53. The molecule has 2 fully saturated rings. The smallest absolute Gasteiger partial charge is 0.325 e. The average molecular weight is 282 g/mol. The van der Waals surface area contributed by atoms with Crippen LogP contribution in [0.25, 0.3) is 0 Å². The van der Waals surface area contributed by atoms with Crippen LogP contribution in [0.2, 0.25) is 0 Å². The monoisotopic (exact) mass is 282 g/mol. The lowest BCUT2D eigenvalue weighted by Crippen LogP contribution is -2.50. The summed E-state index contributed by atoms with van der Waals surface area (Å²) in [4.78, 5) is 14.3. The Bertz CT molecular complexity index is 330. The highest BCUT2D eigenvalue weighted by Crippen LogP contribution is 2.36. The fourth-order valence-electron chi connectivity index (χ4n) is 3.67. The maximum Gasteiger partial charge on any atom is 0.325 e. The van der Waals surface area contributed by atoms with Gasteiger partial charge < -0.3 is 15.4 Å². The van der Waals surface area contributed by atoms with Crippen molar-refractivity contribution in [1.29, 1.82) is 0 Å². The second kappa shape index (κ2) is 6.90. The van der Waals surface area contributed by atoms with Gasteiger partial charge in [-0.1, -0.05) is 19.3 Å². The SMILES string of the molecule is CCOC(=O)C(C)(N)CCN1CCC2CCCCC2C1. The van der Waals surface area contributed by atoms with E-state index in [0.29, 0.717) is 13.0 Å². The molecule has 0 aromatic heterocycles. The lowest BCUT2D eigenvalue weighted by atomic mass is 9.75. The highest BCUT2D eigenvalue weighted by molar-refractivity contribution is 5.79. The number of ether oxygens (including phenoxy) is 1. The quantitative estimate of drug-likeness (QED) is 0.785. The number of carbonyl (C=O) groups excluding carboxylic acids is 1. The van der Waals surface area contributed by atoms with Gasteiger partial charge in [0.25, 0.3) is 0 Å². The third-order valence-corrected chi connectivity index (χ3v) is 5.06. The number of carbonyl (C=O) groups is 1. The van der Waals surface area contributed by atoms with Crippen LogP contribution < -0.4 is 5.73 Å². The zero-order valence-corrected chi connectivity index (χ0v) is 13.1. The summed E-state index contributed by atoms with van der Waals surface area (Å²) in [6.07, 6.45) is 7.64. The van der Waals surface area contributed by atoms with E-state index in [9.17, 15) is 4.79 Å². The van der Waals surface area contributed by atoms with Gasteiger partial charge in [-0.3, -0.25) is 4.79 Å². The summed E-state index contributed by atoms with van der Waals surface area (Å²) in [6, 6.07) is 0. The minimum absolute atomic E-state index is 0.271. The fourth-order valence-corrected chi connectivity index (χ4v) is 3.67. The van der Waals surface area contributed by atoms with E-state index >= 15 is 0 Å². The molecule has 0 amide bonds. The number of likely N-dealkylation sites (tertiary alicyclic amines) is 1. The van der Waals surface area contributed by atoms with Gasteiger partial charge in [0.15, 0.2) is 0 Å². The molecule has 3 unspecified atom stereocenters. The number of rotatable bonds is 5. The number of hydrogen-bond donors (Lipinski definition) is 1. The molecular weight excluding hydrogens is 252 g/mol. The molecule has 0 aromatic carbocycles. The molecule has 0 spiro atoms. The van der Waals surface area contributed by atoms with E-state index in [1.54, 1.807) is 6.92 Å². The van der Waals surface area contributed by atoms with E-state index < -0.39 is 5.54 Å². The molecule has 0 radical (unpaired) electrons. The van der Waals surface area contributed by atoms with Crippen molar-refractivity contribution in [3.05, 3.63) is 0 Å². The lowest BCUT2D eigenvalue weighted by molar-refractivity contribution is -0.149. The summed E-state index contributed by atoms with van der Waals surface area (Å²) < 4.78 is 5.05. The Labute approximate surface area is 123 Å². The first-order valence-electron chi connectivity index (χ1n) is 8.21. The molecule has 3 atom stereocenters. The molecular formula is C16H30N2O2. The summed E-state index contributed by atoms with van der Waals surface area (Å²) in [6.45, 7) is 7.29. The molecule has 2 N–H and O–H groups in total. The van der Waals surface area contributed by atoms with E-state index in [2.05, 4.69) is 4.90 Å². The number of piperidine rings is 1. The molecule has 4 heteroatoms. The van der Waals surface area contributed by atoms with E-state index in [1.165, 1.54) is 45.2 Å². The predicted molar refractivity (Wildman–Crippen MR) is 80.3 cm³/mol. The van der Waals surface area contributed by atoms with Gasteiger partial charge in [-0.2, -0.15) is 0 Å². The van der Waals surface area contributed by atoms with Crippen molar-refractivity contribution in [2.45, 2.75) is 57.9 Å². The molecule has 116 valence electrons. The highest BCUT2D eigenvalue weighted by atomic mass is 16.5. The predicted octanol–water partition coefficient (Wildman–Crippen LogP) is 2.17. The van der Waals surface area contributed by atoms with Crippen LogP contribution in [0.3, 0.4) is 0 Å². The molecule has 0 bridgehead atoms. The first kappa shape index (κ1) is 15.8. The molecule has 20 heavy (non-hydrogen) atoms. The molecule has 1 aliphatic heterocycles. The molecule has 1 saturated heterocycles. The van der Waals surface area contributed by atoms with Crippen molar-refractivity contribution in [3.8, 4) is 0 Å². The first-order valence-corrected chi connectivity index (χ1v) is 8.21. The molecule has 2 aliphatic rings. The zero-order chi connectivity index (χ0) is 14.6. The van der Waals surface area contributed by atoms with Crippen molar-refractivity contribution < 1.29 is 9.53 Å². The summed E-state index contributed by atoms with van der Waals surface area (Å²) in [5.74, 6) is 1.56. The van der Waals surface area contributed by atoms with Crippen LogP contribution in [0, 0.1) is 11.8 Å². The van der Waals surface area contributed by atoms with E-state index in [1.807, 2.05) is 6.92 Å². The van der Waals surface area contributed by atoms with Crippen molar-refractivity contribution >= 4 is 5.97 Å². The van der Waals surface area contributed by atoms with Crippen molar-refractivity contribution in [1.82, 2.24) is 4.90 Å². The Kier molecular flexibility index (Phi) is 5.44. The van der Waals surface area contributed by atoms with Gasteiger partial charge in [-0.25, -0.2) is 0 Å². The van der Waals surface area contributed by atoms with Crippen LogP contribution >= 0.6 is 0 Å². The summed E-state index contributed by atoms with van der Waals surface area (Å²) in [5.41, 5.74) is 5.25. The number of nitrogens with zero attached hydrogens (tertiary/aromatic N) is 1. The second-order valence-electron chi connectivity index (χ2n) is 6.78. The third kappa shape index (κ3) is 3.95. The standard InChI is InChI=1S/C16H30N2O2/c1-3-20-15(19)16(2,17)9-11-18-10-8-13-6-4-5-7-14(13)12-18/h13-14H,3-12,17H2,1-2H3. The lowest BCUT2D eigenvalue weighted by Gasteiger charge is -2.42. The Morgan fingerprint density at radius 2 is 2.00 bits per heavy atom. The molecule has 4 nitrogen and oxygen atoms in total. The topological polar surface area (TPSA) is 55.6 Å². The maximum absolute atomic E-state index is 11.8. The number of nitrogens with two attached hydrogens (primary N) is 1. The fraction of sp³-hybridized carbons (Fsp3) is 0.938. The van der Waals surface area contributed by atoms with Gasteiger partial charge in [0.2, 0.25) is 0 Å². The number of esters is 1. The van der Waals surface area contributed by atoms with Crippen LogP contribution in [0.4, 0.5) is 0 Å². The Morgan fingerprint density at radius 3 is 2.70 bits per heavy atom. The molecule has 1 aliphatic carbocycles. The van der Waals surface area contributed by atoms with E-state index in [0.717, 1.165) is 18.4 Å². The molecule has 0 aromatic rings. The summed E-state index contributed by atoms with van der Waals surface area (Å²) in [7, 11) is 0. The summed E-state index contributed by atoms with van der Waals surface area (Å²) in [5, 5.41) is 0. The number of hydrogen-bond acceptors (Lipinski definition) is 4. The minimum Gasteiger partial charge on any atom is -0.465 e. The van der Waals surface area contributed by atoms with Crippen molar-refractivity contribution in [3.63, 3.8) is 0 Å². The van der Waals surface area contributed by atoms with Crippen LogP contribution in [-0.4, -0.2) is 42.6 Å². The Hall–Kier alpha value is -0.610. The van der Waals surface area contributed by atoms with Gasteiger partial charge >= 0.3 is 5.97 Å². The van der Waals surface area contributed by atoms with Gasteiger partial charge in [0, 0.05) is 13.1 Å². The van der Waals surface area contributed by atoms with Crippen LogP contribution in [0.15, 0.2) is 0 Å². The summed E-state index contributed by atoms with van der Waals surface area (Å²) >= 11 is 0. The Morgan fingerprint density at radius 1 is 1.30 bits per heavy atom.